The van der Waals surface area contributed by atoms with Crippen molar-refractivity contribution < 1.29 is 23.9 Å². The monoisotopic (exact) mass is 346 g/mol. The predicted molar refractivity (Wildman–Crippen MR) is 91.4 cm³/mol. The first-order chi connectivity index (χ1) is 11.9. The summed E-state index contributed by atoms with van der Waals surface area (Å²) in [7, 11) is 2.94. The van der Waals surface area contributed by atoms with Gasteiger partial charge < -0.3 is 19.5 Å². The Morgan fingerprint density at radius 1 is 1.12 bits per heavy atom. The van der Waals surface area contributed by atoms with Gasteiger partial charge in [-0.05, 0) is 25.1 Å². The molecule has 2 aromatic carbocycles. The number of amides is 1. The van der Waals surface area contributed by atoms with E-state index in [1.165, 1.54) is 32.4 Å². The van der Waals surface area contributed by atoms with Gasteiger partial charge in [-0.1, -0.05) is 6.07 Å². The van der Waals surface area contributed by atoms with Crippen molar-refractivity contribution in [3.05, 3.63) is 52.6 Å². The summed E-state index contributed by atoms with van der Waals surface area (Å²) in [6.45, 7) is 1.57. The highest BCUT2D eigenvalue weighted by molar-refractivity contribution is 5.95. The largest absolute Gasteiger partial charge is 0.497 e. The highest BCUT2D eigenvalue weighted by atomic mass is 16.6. The number of nitrogens with zero attached hydrogens (tertiary/aromatic N) is 1. The fourth-order valence-corrected chi connectivity index (χ4v) is 2.07. The minimum absolute atomic E-state index is 0.155. The molecule has 0 radical (unpaired) electrons. The van der Waals surface area contributed by atoms with Crippen molar-refractivity contribution in [2.75, 3.05) is 19.5 Å². The lowest BCUT2D eigenvalue weighted by Gasteiger charge is -2.16. The van der Waals surface area contributed by atoms with Crippen LogP contribution >= 0.6 is 0 Å². The first-order valence-corrected chi connectivity index (χ1v) is 7.38. The third-order valence-corrected chi connectivity index (χ3v) is 3.38. The molecular formula is C17H18N2O6. The maximum absolute atomic E-state index is 12.3. The molecule has 0 heterocycles. The number of carbonyl (C=O) groups is 1. The van der Waals surface area contributed by atoms with Gasteiger partial charge in [0.05, 0.1) is 24.8 Å². The van der Waals surface area contributed by atoms with Crippen LogP contribution in [-0.2, 0) is 4.79 Å². The van der Waals surface area contributed by atoms with Crippen LogP contribution in [0.2, 0.25) is 0 Å². The summed E-state index contributed by atoms with van der Waals surface area (Å²) in [5.74, 6) is 0.910. The summed E-state index contributed by atoms with van der Waals surface area (Å²) >= 11 is 0. The van der Waals surface area contributed by atoms with E-state index in [2.05, 4.69) is 5.32 Å². The molecule has 2 rings (SSSR count). The van der Waals surface area contributed by atoms with Gasteiger partial charge in [0.25, 0.3) is 11.6 Å². The number of ether oxygens (including phenoxy) is 3. The molecule has 0 aliphatic rings. The van der Waals surface area contributed by atoms with E-state index in [1.54, 1.807) is 31.2 Å². The van der Waals surface area contributed by atoms with Crippen molar-refractivity contribution in [2.24, 2.45) is 0 Å². The number of carbonyl (C=O) groups excluding carboxylic acids is 1. The number of nitro groups is 1. The fourth-order valence-electron chi connectivity index (χ4n) is 2.07. The van der Waals surface area contributed by atoms with Gasteiger partial charge in [0.2, 0.25) is 0 Å². The smallest absolute Gasteiger partial charge is 0.271 e. The topological polar surface area (TPSA) is 99.9 Å². The summed E-state index contributed by atoms with van der Waals surface area (Å²) in [4.78, 5) is 22.7. The molecule has 0 spiro atoms. The molecule has 1 unspecified atom stereocenters. The SMILES string of the molecule is COc1cccc(OC(C)C(=O)Nc2cc([N+](=O)[O-])ccc2OC)c1. The van der Waals surface area contributed by atoms with Gasteiger partial charge in [-0.3, -0.25) is 14.9 Å². The van der Waals surface area contributed by atoms with Gasteiger partial charge in [-0.15, -0.1) is 0 Å². The van der Waals surface area contributed by atoms with Crippen LogP contribution in [-0.4, -0.2) is 31.2 Å². The maximum atomic E-state index is 12.3. The van der Waals surface area contributed by atoms with Crippen LogP contribution in [0.1, 0.15) is 6.92 Å². The van der Waals surface area contributed by atoms with Gasteiger partial charge in [-0.25, -0.2) is 0 Å². The van der Waals surface area contributed by atoms with Crippen molar-refractivity contribution in [3.63, 3.8) is 0 Å². The summed E-state index contributed by atoms with van der Waals surface area (Å²) in [5.41, 5.74) is 0.0419. The Bertz CT molecular complexity index is 777. The second kappa shape index (κ2) is 8.00. The number of nitro benzene ring substituents is 1. The Labute approximate surface area is 144 Å². The molecule has 2 aromatic rings. The van der Waals surface area contributed by atoms with E-state index in [-0.39, 0.29) is 11.4 Å². The Balaban J connectivity index is 2.12. The van der Waals surface area contributed by atoms with Crippen LogP contribution in [0.5, 0.6) is 17.2 Å². The number of anilines is 1. The van der Waals surface area contributed by atoms with E-state index in [1.807, 2.05) is 0 Å². The minimum Gasteiger partial charge on any atom is -0.497 e. The van der Waals surface area contributed by atoms with Crippen molar-refractivity contribution >= 4 is 17.3 Å². The molecule has 0 fully saturated rings. The van der Waals surface area contributed by atoms with Gasteiger partial charge in [0.1, 0.15) is 17.2 Å². The molecule has 8 nitrogen and oxygen atoms in total. The molecule has 1 atom stereocenters. The van der Waals surface area contributed by atoms with E-state index in [4.69, 9.17) is 14.2 Å². The van der Waals surface area contributed by atoms with Crippen LogP contribution < -0.4 is 19.5 Å². The van der Waals surface area contributed by atoms with Crippen LogP contribution in [0.3, 0.4) is 0 Å². The van der Waals surface area contributed by atoms with Crippen LogP contribution in [0.25, 0.3) is 0 Å². The second-order valence-corrected chi connectivity index (χ2v) is 5.07. The lowest BCUT2D eigenvalue weighted by Crippen LogP contribution is -2.30. The Hall–Kier alpha value is -3.29. The average Bonchev–Trinajstić information content (AvgIpc) is 2.61. The second-order valence-electron chi connectivity index (χ2n) is 5.07. The fraction of sp³-hybridized carbons (Fsp3) is 0.235. The number of hydrogen-bond acceptors (Lipinski definition) is 6. The third kappa shape index (κ3) is 4.60. The molecule has 8 heteroatoms. The number of nitrogens with one attached hydrogen (secondary N) is 1. The van der Waals surface area contributed by atoms with Crippen LogP contribution in [0.15, 0.2) is 42.5 Å². The zero-order valence-electron chi connectivity index (χ0n) is 14.0. The first kappa shape index (κ1) is 18.1. The van der Waals surface area contributed by atoms with Gasteiger partial charge in [0.15, 0.2) is 6.10 Å². The quantitative estimate of drug-likeness (QED) is 0.611. The molecule has 25 heavy (non-hydrogen) atoms. The molecule has 1 amide bonds. The Morgan fingerprint density at radius 2 is 1.84 bits per heavy atom. The lowest BCUT2D eigenvalue weighted by atomic mass is 10.2. The lowest BCUT2D eigenvalue weighted by molar-refractivity contribution is -0.384. The van der Waals surface area contributed by atoms with Crippen LogP contribution in [0.4, 0.5) is 11.4 Å². The van der Waals surface area contributed by atoms with Crippen molar-refractivity contribution in [3.8, 4) is 17.2 Å². The van der Waals surface area contributed by atoms with E-state index in [9.17, 15) is 14.9 Å². The molecule has 0 saturated heterocycles. The minimum atomic E-state index is -0.837. The van der Waals surface area contributed by atoms with Crippen molar-refractivity contribution in [2.45, 2.75) is 13.0 Å². The predicted octanol–water partition coefficient (Wildman–Crippen LogP) is 3.02. The molecule has 132 valence electrons. The summed E-state index contributed by atoms with van der Waals surface area (Å²) in [6.07, 6.45) is -0.837. The normalized spacial score (nSPS) is 11.3. The number of non-ortho nitro benzene ring substituents is 1. The average molecular weight is 346 g/mol. The molecular weight excluding hydrogens is 328 g/mol. The molecule has 1 N–H and O–H groups in total. The molecule has 0 bridgehead atoms. The summed E-state index contributed by atoms with van der Waals surface area (Å²) in [6, 6.07) is 10.8. The number of rotatable bonds is 7. The zero-order chi connectivity index (χ0) is 18.4. The maximum Gasteiger partial charge on any atom is 0.271 e. The summed E-state index contributed by atoms with van der Waals surface area (Å²) < 4.78 is 15.8. The van der Waals surface area contributed by atoms with E-state index < -0.39 is 16.9 Å². The third-order valence-electron chi connectivity index (χ3n) is 3.38. The van der Waals surface area contributed by atoms with Gasteiger partial charge >= 0.3 is 0 Å². The number of methoxy groups -OCH3 is 2. The molecule has 0 aliphatic carbocycles. The van der Waals surface area contributed by atoms with E-state index in [0.29, 0.717) is 17.2 Å². The van der Waals surface area contributed by atoms with Gasteiger partial charge in [-0.2, -0.15) is 0 Å². The highest BCUT2D eigenvalue weighted by Gasteiger charge is 2.19. The van der Waals surface area contributed by atoms with E-state index in [0.717, 1.165) is 0 Å². The van der Waals surface area contributed by atoms with Gasteiger partial charge in [0, 0.05) is 18.2 Å². The molecule has 0 aromatic heterocycles. The number of hydrogen-bond donors (Lipinski definition) is 1. The molecule has 0 aliphatic heterocycles. The Kier molecular flexibility index (Phi) is 5.78. The first-order valence-electron chi connectivity index (χ1n) is 7.38. The van der Waals surface area contributed by atoms with Crippen LogP contribution in [0, 0.1) is 10.1 Å². The number of benzene rings is 2. The highest BCUT2D eigenvalue weighted by Crippen LogP contribution is 2.29. The zero-order valence-corrected chi connectivity index (χ0v) is 14.0. The van der Waals surface area contributed by atoms with Crippen molar-refractivity contribution in [1.82, 2.24) is 0 Å². The molecule has 0 saturated carbocycles. The van der Waals surface area contributed by atoms with E-state index >= 15 is 0 Å². The Morgan fingerprint density at radius 3 is 2.48 bits per heavy atom. The standard InChI is InChI=1S/C17H18N2O6/c1-11(25-14-6-4-5-13(10-14)23-2)17(20)18-15-9-12(19(21)22)7-8-16(15)24-3/h4-11H,1-3H3,(H,18,20). The summed E-state index contributed by atoms with van der Waals surface area (Å²) in [5, 5.41) is 13.5. The van der Waals surface area contributed by atoms with Crippen molar-refractivity contribution in [1.29, 1.82) is 0 Å².